The summed E-state index contributed by atoms with van der Waals surface area (Å²) in [6, 6.07) is 7.05. The van der Waals surface area contributed by atoms with Crippen LogP contribution in [0.5, 0.6) is 0 Å². The van der Waals surface area contributed by atoms with Gasteiger partial charge in [-0.2, -0.15) is 5.26 Å². The highest BCUT2D eigenvalue weighted by molar-refractivity contribution is 7.16. The van der Waals surface area contributed by atoms with Crippen molar-refractivity contribution in [1.82, 2.24) is 5.32 Å². The second kappa shape index (κ2) is 5.86. The Morgan fingerprint density at radius 3 is 2.88 bits per heavy atom. The van der Waals surface area contributed by atoms with E-state index in [1.165, 1.54) is 17.7 Å². The first-order chi connectivity index (χ1) is 8.20. The fourth-order valence-corrected chi connectivity index (χ4v) is 3.52. The maximum absolute atomic E-state index is 9.14. The van der Waals surface area contributed by atoms with Gasteiger partial charge in [-0.05, 0) is 31.9 Å². The third-order valence-electron chi connectivity index (χ3n) is 3.42. The molecule has 0 radical (unpaired) electrons. The zero-order chi connectivity index (χ0) is 12.3. The molecular formula is C13H17ClN2S. The number of hydrogen-bond donors (Lipinski definition) is 1. The van der Waals surface area contributed by atoms with Crippen LogP contribution in [-0.4, -0.2) is 6.04 Å². The van der Waals surface area contributed by atoms with Crippen LogP contribution < -0.4 is 5.32 Å². The molecule has 1 heterocycles. The van der Waals surface area contributed by atoms with E-state index in [9.17, 15) is 0 Å². The van der Waals surface area contributed by atoms with E-state index in [0.717, 1.165) is 17.2 Å². The summed E-state index contributed by atoms with van der Waals surface area (Å²) in [6.45, 7) is 2.14. The topological polar surface area (TPSA) is 35.8 Å². The van der Waals surface area contributed by atoms with Gasteiger partial charge in [0.05, 0.1) is 16.3 Å². The minimum absolute atomic E-state index is 0.168. The van der Waals surface area contributed by atoms with Crippen LogP contribution in [0.3, 0.4) is 0 Å². The van der Waals surface area contributed by atoms with Crippen LogP contribution in [0.15, 0.2) is 12.1 Å². The summed E-state index contributed by atoms with van der Waals surface area (Å²) >= 11 is 7.55. The zero-order valence-electron chi connectivity index (χ0n) is 9.95. The van der Waals surface area contributed by atoms with Crippen LogP contribution in [0.25, 0.3) is 0 Å². The molecule has 1 aromatic rings. The predicted octanol–water partition coefficient (Wildman–Crippen LogP) is 4.13. The molecule has 0 aromatic carbocycles. The molecule has 3 atom stereocenters. The average Bonchev–Trinajstić information content (AvgIpc) is 2.77. The quantitative estimate of drug-likeness (QED) is 0.895. The Balaban J connectivity index is 1.97. The van der Waals surface area contributed by atoms with E-state index in [1.54, 1.807) is 11.3 Å². The third-order valence-corrected chi connectivity index (χ3v) is 4.83. The highest BCUT2D eigenvalue weighted by Gasteiger charge is 2.26. The standard InChI is InChI=1S/C13H17ClN2S/c1-9(12-6-7-13(14)17-12)16-11-5-3-2-4-10(11)8-15/h6-7,9-11,16H,2-5H2,1H3. The Hall–Kier alpha value is -0.560. The second-order valence-electron chi connectivity index (χ2n) is 4.66. The average molecular weight is 269 g/mol. The molecule has 1 fully saturated rings. The van der Waals surface area contributed by atoms with Gasteiger partial charge in [0.1, 0.15) is 0 Å². The lowest BCUT2D eigenvalue weighted by atomic mass is 9.85. The molecule has 0 amide bonds. The van der Waals surface area contributed by atoms with Crippen molar-refractivity contribution in [2.75, 3.05) is 0 Å². The summed E-state index contributed by atoms with van der Waals surface area (Å²) in [7, 11) is 0. The van der Waals surface area contributed by atoms with E-state index in [-0.39, 0.29) is 12.0 Å². The van der Waals surface area contributed by atoms with Gasteiger partial charge in [0.2, 0.25) is 0 Å². The molecule has 1 aromatic heterocycles. The minimum atomic E-state index is 0.168. The summed E-state index contributed by atoms with van der Waals surface area (Å²) in [5.74, 6) is 0.168. The number of halogens is 1. The van der Waals surface area contributed by atoms with Crippen molar-refractivity contribution in [3.8, 4) is 6.07 Å². The molecule has 1 aliphatic rings. The van der Waals surface area contributed by atoms with E-state index in [4.69, 9.17) is 16.9 Å². The van der Waals surface area contributed by atoms with Gasteiger partial charge in [-0.25, -0.2) is 0 Å². The van der Waals surface area contributed by atoms with Crippen LogP contribution in [0, 0.1) is 17.2 Å². The van der Waals surface area contributed by atoms with E-state index < -0.39 is 0 Å². The minimum Gasteiger partial charge on any atom is -0.305 e. The summed E-state index contributed by atoms with van der Waals surface area (Å²) in [5, 5.41) is 12.7. The molecule has 0 bridgehead atoms. The van der Waals surface area contributed by atoms with E-state index >= 15 is 0 Å². The van der Waals surface area contributed by atoms with Gasteiger partial charge in [-0.15, -0.1) is 11.3 Å². The van der Waals surface area contributed by atoms with Crippen LogP contribution in [-0.2, 0) is 0 Å². The summed E-state index contributed by atoms with van der Waals surface area (Å²) in [4.78, 5) is 1.25. The molecule has 0 spiro atoms. The van der Waals surface area contributed by atoms with E-state index in [2.05, 4.69) is 24.4 Å². The Morgan fingerprint density at radius 1 is 1.47 bits per heavy atom. The molecule has 3 unspecified atom stereocenters. The summed E-state index contributed by atoms with van der Waals surface area (Å²) in [5.41, 5.74) is 0. The van der Waals surface area contributed by atoms with Gasteiger partial charge in [0.15, 0.2) is 0 Å². The van der Waals surface area contributed by atoms with Crippen molar-refractivity contribution >= 4 is 22.9 Å². The smallest absolute Gasteiger partial charge is 0.0931 e. The van der Waals surface area contributed by atoms with Gasteiger partial charge in [-0.3, -0.25) is 0 Å². The predicted molar refractivity (Wildman–Crippen MR) is 72.2 cm³/mol. The van der Waals surface area contributed by atoms with Crippen LogP contribution in [0.2, 0.25) is 4.34 Å². The van der Waals surface area contributed by atoms with Gasteiger partial charge in [0.25, 0.3) is 0 Å². The molecule has 17 heavy (non-hydrogen) atoms. The highest BCUT2D eigenvalue weighted by atomic mass is 35.5. The van der Waals surface area contributed by atoms with Crippen LogP contribution in [0.1, 0.15) is 43.5 Å². The Bertz CT molecular complexity index is 410. The Kier molecular flexibility index (Phi) is 4.44. The van der Waals surface area contributed by atoms with Gasteiger partial charge >= 0.3 is 0 Å². The number of hydrogen-bond acceptors (Lipinski definition) is 3. The first-order valence-electron chi connectivity index (χ1n) is 6.11. The largest absolute Gasteiger partial charge is 0.305 e. The van der Waals surface area contributed by atoms with Crippen molar-refractivity contribution in [2.45, 2.75) is 44.7 Å². The number of nitrogens with zero attached hydrogens (tertiary/aromatic N) is 1. The first kappa shape index (κ1) is 12.9. The fraction of sp³-hybridized carbons (Fsp3) is 0.615. The molecule has 4 heteroatoms. The number of nitrogens with one attached hydrogen (secondary N) is 1. The monoisotopic (exact) mass is 268 g/mol. The van der Waals surface area contributed by atoms with Gasteiger partial charge in [-0.1, -0.05) is 24.4 Å². The Morgan fingerprint density at radius 2 is 2.24 bits per heavy atom. The van der Waals surface area contributed by atoms with Crippen molar-refractivity contribution < 1.29 is 0 Å². The zero-order valence-corrected chi connectivity index (χ0v) is 11.5. The summed E-state index contributed by atoms with van der Waals surface area (Å²) in [6.07, 6.45) is 4.57. The number of thiophene rings is 1. The fourth-order valence-electron chi connectivity index (χ4n) is 2.45. The normalized spacial score (nSPS) is 26.4. The SMILES string of the molecule is CC(NC1CCCCC1C#N)c1ccc(Cl)s1. The van der Waals surface area contributed by atoms with Crippen LogP contribution >= 0.6 is 22.9 Å². The Labute approximate surface area is 112 Å². The van der Waals surface area contributed by atoms with Crippen molar-refractivity contribution in [1.29, 1.82) is 5.26 Å². The molecule has 2 nitrogen and oxygen atoms in total. The van der Waals surface area contributed by atoms with E-state index in [1.807, 2.05) is 6.07 Å². The summed E-state index contributed by atoms with van der Waals surface area (Å²) < 4.78 is 0.828. The molecule has 2 rings (SSSR count). The third kappa shape index (κ3) is 3.22. The van der Waals surface area contributed by atoms with Crippen molar-refractivity contribution in [3.63, 3.8) is 0 Å². The number of nitriles is 1. The maximum atomic E-state index is 9.14. The molecule has 1 aliphatic carbocycles. The highest BCUT2D eigenvalue weighted by Crippen LogP contribution is 2.30. The molecule has 1 saturated carbocycles. The molecular weight excluding hydrogens is 252 g/mol. The van der Waals surface area contributed by atoms with E-state index in [0.29, 0.717) is 6.04 Å². The van der Waals surface area contributed by atoms with Crippen molar-refractivity contribution in [2.24, 2.45) is 5.92 Å². The molecule has 92 valence electrons. The van der Waals surface area contributed by atoms with Crippen molar-refractivity contribution in [3.05, 3.63) is 21.3 Å². The molecule has 1 N–H and O–H groups in total. The molecule has 0 aliphatic heterocycles. The molecule has 0 saturated heterocycles. The lowest BCUT2D eigenvalue weighted by molar-refractivity contribution is 0.293. The lowest BCUT2D eigenvalue weighted by Crippen LogP contribution is -2.39. The lowest BCUT2D eigenvalue weighted by Gasteiger charge is -2.30. The second-order valence-corrected chi connectivity index (χ2v) is 6.40. The van der Waals surface area contributed by atoms with Gasteiger partial charge in [0, 0.05) is 17.0 Å². The van der Waals surface area contributed by atoms with Gasteiger partial charge < -0.3 is 5.32 Å². The van der Waals surface area contributed by atoms with Crippen LogP contribution in [0.4, 0.5) is 0 Å². The maximum Gasteiger partial charge on any atom is 0.0931 e. The number of rotatable bonds is 3. The first-order valence-corrected chi connectivity index (χ1v) is 7.31.